The summed E-state index contributed by atoms with van der Waals surface area (Å²) in [6, 6.07) is 0. The average Bonchev–Trinajstić information content (AvgIpc) is 3.34. The highest BCUT2D eigenvalue weighted by Crippen LogP contribution is 2.16. The number of aliphatic hydroxyl groups is 1. The molecule has 0 saturated carbocycles. The first-order chi connectivity index (χ1) is 33.6. The fourth-order valence-corrected chi connectivity index (χ4v) is 8.32. The van der Waals surface area contributed by atoms with Gasteiger partial charge in [0.25, 0.3) is 0 Å². The van der Waals surface area contributed by atoms with Crippen LogP contribution < -0.4 is 0 Å². The maximum atomic E-state index is 12.3. The largest absolute Gasteiger partial charge is 0.462 e. The maximum Gasteiger partial charge on any atom is 0.306 e. The van der Waals surface area contributed by atoms with Crippen LogP contribution >= 0.6 is 0 Å². The highest BCUT2D eigenvalue weighted by molar-refractivity contribution is 5.70. The van der Waals surface area contributed by atoms with Crippen molar-refractivity contribution in [2.45, 2.75) is 290 Å². The zero-order valence-electron chi connectivity index (χ0n) is 44.9. The Labute approximate surface area is 422 Å². The number of carbonyl (C=O) groups is 2. The summed E-state index contributed by atoms with van der Waals surface area (Å²) in [5.41, 5.74) is 0. The lowest BCUT2D eigenvalue weighted by Gasteiger charge is -2.15. The van der Waals surface area contributed by atoms with E-state index in [1.807, 2.05) is 0 Å². The van der Waals surface area contributed by atoms with E-state index < -0.39 is 6.10 Å². The van der Waals surface area contributed by atoms with Gasteiger partial charge in [0.05, 0.1) is 6.61 Å². The molecule has 1 N–H and O–H groups in total. The molecule has 0 rings (SSSR count). The van der Waals surface area contributed by atoms with E-state index in [0.29, 0.717) is 12.8 Å². The molecule has 5 heteroatoms. The molecule has 0 bridgehead atoms. The molecule has 0 fully saturated rings. The quantitative estimate of drug-likeness (QED) is 0.0374. The van der Waals surface area contributed by atoms with Crippen LogP contribution in [0, 0.1) is 0 Å². The molecule has 0 spiro atoms. The minimum Gasteiger partial charge on any atom is -0.462 e. The lowest BCUT2D eigenvalue weighted by atomic mass is 10.0. The van der Waals surface area contributed by atoms with Crippen LogP contribution in [-0.2, 0) is 19.1 Å². The van der Waals surface area contributed by atoms with Crippen molar-refractivity contribution in [1.82, 2.24) is 0 Å². The van der Waals surface area contributed by atoms with Gasteiger partial charge in [-0.1, -0.05) is 266 Å². The molecule has 0 aromatic heterocycles. The highest BCUT2D eigenvalue weighted by atomic mass is 16.6. The van der Waals surface area contributed by atoms with Gasteiger partial charge in [0.2, 0.25) is 0 Å². The molecule has 0 aromatic rings. The van der Waals surface area contributed by atoms with Gasteiger partial charge < -0.3 is 14.6 Å². The third-order valence-corrected chi connectivity index (χ3v) is 12.7. The maximum absolute atomic E-state index is 12.3. The number of hydrogen-bond acceptors (Lipinski definition) is 5. The van der Waals surface area contributed by atoms with Crippen molar-refractivity contribution in [2.75, 3.05) is 13.2 Å². The smallest absolute Gasteiger partial charge is 0.306 e. The zero-order chi connectivity index (χ0) is 49.2. The number of esters is 2. The predicted molar refractivity (Wildman–Crippen MR) is 297 cm³/mol. The van der Waals surface area contributed by atoms with Gasteiger partial charge in [-0.3, -0.25) is 9.59 Å². The van der Waals surface area contributed by atoms with Crippen LogP contribution in [0.4, 0.5) is 0 Å². The highest BCUT2D eigenvalue weighted by Gasteiger charge is 2.16. The number of unbranched alkanes of at least 4 members (excludes halogenated alkanes) is 31. The van der Waals surface area contributed by atoms with Gasteiger partial charge in [0, 0.05) is 12.8 Å². The zero-order valence-corrected chi connectivity index (χ0v) is 44.9. The van der Waals surface area contributed by atoms with Gasteiger partial charge in [0.1, 0.15) is 6.61 Å². The van der Waals surface area contributed by atoms with Crippen LogP contribution in [0.15, 0.2) is 85.1 Å². The molecule has 68 heavy (non-hydrogen) atoms. The van der Waals surface area contributed by atoms with Crippen LogP contribution in [0.2, 0.25) is 0 Å². The number of rotatable bonds is 53. The van der Waals surface area contributed by atoms with Crippen molar-refractivity contribution in [3.8, 4) is 0 Å². The lowest BCUT2D eigenvalue weighted by Crippen LogP contribution is -2.28. The Morgan fingerprint density at radius 3 is 0.971 bits per heavy atom. The van der Waals surface area contributed by atoms with Crippen LogP contribution in [0.3, 0.4) is 0 Å². The molecule has 1 unspecified atom stereocenters. The Morgan fingerprint density at radius 2 is 0.632 bits per heavy atom. The molecule has 5 nitrogen and oxygen atoms in total. The van der Waals surface area contributed by atoms with E-state index >= 15 is 0 Å². The van der Waals surface area contributed by atoms with Gasteiger partial charge in [0.15, 0.2) is 6.10 Å². The first kappa shape index (κ1) is 65.1. The average molecular weight is 948 g/mol. The Hall–Kier alpha value is -2.92. The molecule has 0 aliphatic carbocycles. The second-order valence-corrected chi connectivity index (χ2v) is 19.3. The molecular weight excluding hydrogens is 837 g/mol. The Bertz CT molecular complexity index is 1250. The van der Waals surface area contributed by atoms with Gasteiger partial charge in [-0.05, 0) is 89.9 Å². The van der Waals surface area contributed by atoms with Crippen LogP contribution in [0.25, 0.3) is 0 Å². The van der Waals surface area contributed by atoms with E-state index in [1.165, 1.54) is 173 Å². The topological polar surface area (TPSA) is 72.8 Å². The first-order valence-electron chi connectivity index (χ1n) is 29.1. The van der Waals surface area contributed by atoms with Crippen molar-refractivity contribution in [3.05, 3.63) is 85.1 Å². The summed E-state index contributed by atoms with van der Waals surface area (Å²) in [6.07, 6.45) is 81.3. The Kier molecular flexibility index (Phi) is 55.9. The van der Waals surface area contributed by atoms with E-state index in [9.17, 15) is 14.7 Å². The van der Waals surface area contributed by atoms with Crippen molar-refractivity contribution >= 4 is 11.9 Å². The Morgan fingerprint density at radius 1 is 0.353 bits per heavy atom. The minimum absolute atomic E-state index is 0.0738. The number of ether oxygens (including phenoxy) is 2. The summed E-state index contributed by atoms with van der Waals surface area (Å²) in [7, 11) is 0. The second kappa shape index (κ2) is 58.4. The van der Waals surface area contributed by atoms with Gasteiger partial charge in [-0.25, -0.2) is 0 Å². The molecule has 392 valence electrons. The fourth-order valence-electron chi connectivity index (χ4n) is 8.32. The summed E-state index contributed by atoms with van der Waals surface area (Å²) in [5.74, 6) is -0.602. The summed E-state index contributed by atoms with van der Waals surface area (Å²) in [6.45, 7) is 4.04. The third-order valence-electron chi connectivity index (χ3n) is 12.7. The molecule has 0 aromatic carbocycles. The van der Waals surface area contributed by atoms with E-state index in [0.717, 1.165) is 83.5 Å². The van der Waals surface area contributed by atoms with E-state index in [2.05, 4.69) is 98.9 Å². The normalized spacial score (nSPS) is 12.8. The standard InChI is InChI=1S/C63H110O5/c1-3-5-7-9-11-13-15-17-19-21-23-25-27-29-30-31-32-34-35-37-39-41-43-45-47-49-51-53-55-57-62(65)67-60-61(59-64)68-63(66)58-56-54-52-50-48-46-44-42-40-38-36-33-28-26-24-22-20-18-16-14-12-10-8-6-4-2/h6,8,12,14,18,20-21,23-24,26,33,36,40,42,61,64H,3-5,7,9-11,13,15-17,19,22,25,27-32,34-35,37-39,41,43-60H2,1-2H3/b8-6-,14-12-,20-18-,23-21-,26-24-,36-33-,42-40-. The molecule has 0 aliphatic rings. The molecule has 0 amide bonds. The molecule has 0 heterocycles. The van der Waals surface area contributed by atoms with Crippen molar-refractivity contribution < 1.29 is 24.2 Å². The number of carbonyl (C=O) groups excluding carboxylic acids is 2. The van der Waals surface area contributed by atoms with Gasteiger partial charge >= 0.3 is 11.9 Å². The van der Waals surface area contributed by atoms with Gasteiger partial charge in [-0.2, -0.15) is 0 Å². The Balaban J connectivity index is 3.51. The van der Waals surface area contributed by atoms with Crippen molar-refractivity contribution in [3.63, 3.8) is 0 Å². The number of aliphatic hydroxyl groups excluding tert-OH is 1. The van der Waals surface area contributed by atoms with Crippen LogP contribution in [0.1, 0.15) is 284 Å². The van der Waals surface area contributed by atoms with E-state index in [-0.39, 0.29) is 25.2 Å². The minimum atomic E-state index is -0.785. The molecule has 0 aliphatic heterocycles. The fraction of sp³-hybridized carbons (Fsp3) is 0.746. The number of hydrogen-bond donors (Lipinski definition) is 1. The lowest BCUT2D eigenvalue weighted by molar-refractivity contribution is -0.161. The summed E-state index contributed by atoms with van der Waals surface area (Å²) in [4.78, 5) is 24.5. The van der Waals surface area contributed by atoms with E-state index in [1.54, 1.807) is 0 Å². The second-order valence-electron chi connectivity index (χ2n) is 19.3. The summed E-state index contributed by atoms with van der Waals surface area (Å²) in [5, 5.41) is 9.66. The van der Waals surface area contributed by atoms with Crippen LogP contribution in [0.5, 0.6) is 0 Å². The van der Waals surface area contributed by atoms with E-state index in [4.69, 9.17) is 9.47 Å². The molecule has 1 atom stereocenters. The first-order valence-corrected chi connectivity index (χ1v) is 29.1. The SMILES string of the molecule is CC/C=C\C/C=C\C/C=C\C/C=C\C/C=C\C/C=C\CCCCCCCCC(=O)OC(CO)COC(=O)CCCCCCCCCCCCCCCCCCC/C=C\CCCCCCCCCC. The summed E-state index contributed by atoms with van der Waals surface area (Å²) < 4.78 is 10.7. The van der Waals surface area contributed by atoms with Gasteiger partial charge in [-0.15, -0.1) is 0 Å². The number of allylic oxidation sites excluding steroid dienone is 14. The molecule has 0 radical (unpaired) electrons. The molecular formula is C63H110O5. The van der Waals surface area contributed by atoms with Crippen molar-refractivity contribution in [1.29, 1.82) is 0 Å². The third kappa shape index (κ3) is 55.7. The summed E-state index contributed by atoms with van der Waals surface area (Å²) >= 11 is 0. The predicted octanol–water partition coefficient (Wildman–Crippen LogP) is 19.8. The van der Waals surface area contributed by atoms with Crippen molar-refractivity contribution in [2.24, 2.45) is 0 Å². The monoisotopic (exact) mass is 947 g/mol. The molecule has 0 saturated heterocycles. The van der Waals surface area contributed by atoms with Crippen LogP contribution in [-0.4, -0.2) is 36.4 Å².